The minimum atomic E-state index is -1.48. The van der Waals surface area contributed by atoms with Crippen molar-refractivity contribution in [2.24, 2.45) is 0 Å². The van der Waals surface area contributed by atoms with Gasteiger partial charge in [0.05, 0.1) is 0 Å². The van der Waals surface area contributed by atoms with Crippen LogP contribution in [0, 0.1) is 0 Å². The fourth-order valence-corrected chi connectivity index (χ4v) is 2.60. The summed E-state index contributed by atoms with van der Waals surface area (Å²) in [6.45, 7) is 1.72. The topological polar surface area (TPSA) is 79.5 Å². The molecule has 0 saturated heterocycles. The summed E-state index contributed by atoms with van der Waals surface area (Å²) < 4.78 is 5.36. The average Bonchev–Trinajstić information content (AvgIpc) is 3.02. The van der Waals surface area contributed by atoms with Crippen LogP contribution in [-0.4, -0.2) is 23.2 Å². The third-order valence-electron chi connectivity index (χ3n) is 3.50. The minimum absolute atomic E-state index is 0.0966. The van der Waals surface area contributed by atoms with E-state index in [1.165, 1.54) is 17.8 Å². The molecular formula is C16H17NO4S. The van der Waals surface area contributed by atoms with Gasteiger partial charge in [0, 0.05) is 0 Å². The van der Waals surface area contributed by atoms with Crippen LogP contribution in [0.2, 0.25) is 0 Å². The van der Waals surface area contributed by atoms with Gasteiger partial charge in [-0.15, -0.1) is 0 Å². The molecule has 0 aliphatic rings. The number of benzene rings is 1. The largest absolute Gasteiger partial charge is 0.479 e. The van der Waals surface area contributed by atoms with Crippen LogP contribution in [0.15, 0.2) is 52.0 Å². The van der Waals surface area contributed by atoms with E-state index in [0.717, 1.165) is 0 Å². The van der Waals surface area contributed by atoms with Gasteiger partial charge in [0.1, 0.15) is 0 Å². The predicted molar refractivity (Wildman–Crippen MR) is 84.0 cm³/mol. The second-order valence-electron chi connectivity index (χ2n) is 4.71. The third-order valence-corrected chi connectivity index (χ3v) is 4.12. The van der Waals surface area contributed by atoms with Crippen LogP contribution in [0.5, 0.6) is 0 Å². The van der Waals surface area contributed by atoms with Crippen molar-refractivity contribution >= 4 is 23.6 Å². The Balaban J connectivity index is 2.35. The highest BCUT2D eigenvalue weighted by Gasteiger charge is 2.40. The van der Waals surface area contributed by atoms with Gasteiger partial charge in [-0.25, -0.2) is 4.79 Å². The first-order valence-electron chi connectivity index (χ1n) is 6.78. The van der Waals surface area contributed by atoms with E-state index in [2.05, 4.69) is 5.32 Å². The minimum Gasteiger partial charge on any atom is -0.479 e. The van der Waals surface area contributed by atoms with Crippen molar-refractivity contribution in [1.29, 1.82) is 0 Å². The smallest absolute Gasteiger partial charge is 0.334 e. The maximum atomic E-state index is 12.3. The van der Waals surface area contributed by atoms with E-state index < -0.39 is 17.4 Å². The van der Waals surface area contributed by atoms with Gasteiger partial charge in [0.15, 0.2) is 16.4 Å². The van der Waals surface area contributed by atoms with Gasteiger partial charge < -0.3 is 14.8 Å². The molecule has 0 radical (unpaired) electrons. The summed E-state index contributed by atoms with van der Waals surface area (Å²) in [4.78, 5) is 24.2. The number of hydrogen-bond acceptors (Lipinski definition) is 4. The molecule has 5 nitrogen and oxygen atoms in total. The molecule has 2 aromatic rings. The lowest BCUT2D eigenvalue weighted by Crippen LogP contribution is -2.51. The monoisotopic (exact) mass is 319 g/mol. The molecule has 2 rings (SSSR count). The summed E-state index contributed by atoms with van der Waals surface area (Å²) in [5.41, 5.74) is -0.958. The molecule has 1 aromatic heterocycles. The Morgan fingerprint density at radius 1 is 1.23 bits per heavy atom. The second-order valence-corrected chi connectivity index (χ2v) is 5.52. The Kier molecular flexibility index (Phi) is 4.92. The molecule has 1 heterocycles. The van der Waals surface area contributed by atoms with Crippen LogP contribution in [-0.2, 0) is 10.3 Å². The fraction of sp³-hybridized carbons (Fsp3) is 0.250. The summed E-state index contributed by atoms with van der Waals surface area (Å²) in [5, 5.41) is 12.9. The molecule has 0 bridgehead atoms. The Labute approximate surface area is 132 Å². The SMILES string of the molecule is CCC(NC(=O)c1ccc(SC)o1)(C(=O)O)c1ccccc1. The number of thioether (sulfide) groups is 1. The molecule has 1 aromatic carbocycles. The highest BCUT2D eigenvalue weighted by atomic mass is 32.2. The van der Waals surface area contributed by atoms with E-state index in [0.29, 0.717) is 10.7 Å². The Morgan fingerprint density at radius 3 is 2.41 bits per heavy atom. The standard InChI is InChI=1S/C16H17NO4S/c1-3-16(15(19)20,11-7-5-4-6-8-11)17-14(18)12-9-10-13(21-12)22-2/h4-10H,3H2,1-2H3,(H,17,18)(H,19,20). The van der Waals surface area contributed by atoms with E-state index in [1.54, 1.807) is 43.3 Å². The van der Waals surface area contributed by atoms with Crippen molar-refractivity contribution < 1.29 is 19.1 Å². The number of carboxylic acid groups (broad SMARTS) is 1. The number of hydrogen-bond donors (Lipinski definition) is 2. The van der Waals surface area contributed by atoms with Gasteiger partial charge in [0.25, 0.3) is 5.91 Å². The third kappa shape index (κ3) is 3.01. The first-order chi connectivity index (χ1) is 10.5. The molecule has 1 atom stereocenters. The number of aliphatic carboxylic acids is 1. The van der Waals surface area contributed by atoms with Crippen LogP contribution in [0.3, 0.4) is 0 Å². The molecule has 0 saturated carbocycles. The number of furan rings is 1. The zero-order valence-electron chi connectivity index (χ0n) is 12.3. The maximum absolute atomic E-state index is 12.3. The van der Waals surface area contributed by atoms with Crippen LogP contribution in [0.1, 0.15) is 29.5 Å². The van der Waals surface area contributed by atoms with E-state index in [1.807, 2.05) is 6.26 Å². The van der Waals surface area contributed by atoms with Crippen LogP contribution < -0.4 is 5.32 Å². The van der Waals surface area contributed by atoms with Crippen LogP contribution in [0.25, 0.3) is 0 Å². The summed E-state index contributed by atoms with van der Waals surface area (Å²) in [6, 6.07) is 11.9. The molecule has 0 spiro atoms. The van der Waals surface area contributed by atoms with Crippen molar-refractivity contribution in [3.05, 3.63) is 53.8 Å². The molecule has 1 unspecified atom stereocenters. The van der Waals surface area contributed by atoms with E-state index in [9.17, 15) is 14.7 Å². The predicted octanol–water partition coefficient (Wildman–Crippen LogP) is 3.12. The summed E-state index contributed by atoms with van der Waals surface area (Å²) in [5.74, 6) is -1.56. The molecular weight excluding hydrogens is 302 g/mol. The normalized spacial score (nSPS) is 13.4. The summed E-state index contributed by atoms with van der Waals surface area (Å²) >= 11 is 1.37. The van der Waals surface area contributed by atoms with E-state index in [-0.39, 0.29) is 12.2 Å². The molecule has 0 aliphatic carbocycles. The second kappa shape index (κ2) is 6.70. The highest BCUT2D eigenvalue weighted by molar-refractivity contribution is 7.98. The Morgan fingerprint density at radius 2 is 1.91 bits per heavy atom. The molecule has 22 heavy (non-hydrogen) atoms. The highest BCUT2D eigenvalue weighted by Crippen LogP contribution is 2.27. The lowest BCUT2D eigenvalue weighted by Gasteiger charge is -2.29. The number of carbonyl (C=O) groups is 2. The zero-order valence-corrected chi connectivity index (χ0v) is 13.1. The van der Waals surface area contributed by atoms with Crippen molar-refractivity contribution in [2.75, 3.05) is 6.26 Å². The van der Waals surface area contributed by atoms with Gasteiger partial charge in [0.2, 0.25) is 0 Å². The van der Waals surface area contributed by atoms with Crippen LogP contribution >= 0.6 is 11.8 Å². The van der Waals surface area contributed by atoms with Gasteiger partial charge >= 0.3 is 5.97 Å². The Hall–Kier alpha value is -2.21. The zero-order chi connectivity index (χ0) is 16.2. The van der Waals surface area contributed by atoms with Gasteiger partial charge in [-0.05, 0) is 30.4 Å². The van der Waals surface area contributed by atoms with Gasteiger partial charge in [-0.3, -0.25) is 4.79 Å². The first-order valence-corrected chi connectivity index (χ1v) is 8.01. The van der Waals surface area contributed by atoms with Crippen molar-refractivity contribution in [3.8, 4) is 0 Å². The molecule has 0 aliphatic heterocycles. The Bertz CT molecular complexity index is 668. The molecule has 116 valence electrons. The lowest BCUT2D eigenvalue weighted by molar-refractivity contribution is -0.145. The first kappa shape index (κ1) is 16.2. The molecule has 2 N–H and O–H groups in total. The van der Waals surface area contributed by atoms with E-state index in [4.69, 9.17) is 4.42 Å². The molecule has 6 heteroatoms. The summed E-state index contributed by atoms with van der Waals surface area (Å²) in [7, 11) is 0. The average molecular weight is 319 g/mol. The van der Waals surface area contributed by atoms with Crippen molar-refractivity contribution in [3.63, 3.8) is 0 Å². The molecule has 0 fully saturated rings. The quantitative estimate of drug-likeness (QED) is 0.800. The number of carbonyl (C=O) groups excluding carboxylic acids is 1. The van der Waals surface area contributed by atoms with Gasteiger partial charge in [-0.2, -0.15) is 0 Å². The number of nitrogens with one attached hydrogen (secondary N) is 1. The van der Waals surface area contributed by atoms with E-state index >= 15 is 0 Å². The summed E-state index contributed by atoms with van der Waals surface area (Å²) in [6.07, 6.45) is 2.05. The lowest BCUT2D eigenvalue weighted by atomic mass is 9.87. The fourth-order valence-electron chi connectivity index (χ4n) is 2.22. The van der Waals surface area contributed by atoms with Crippen molar-refractivity contribution in [1.82, 2.24) is 5.32 Å². The van der Waals surface area contributed by atoms with Crippen molar-refractivity contribution in [2.45, 2.75) is 24.0 Å². The molecule has 1 amide bonds. The number of carboxylic acids is 1. The van der Waals surface area contributed by atoms with Gasteiger partial charge in [-0.1, -0.05) is 49.0 Å². The maximum Gasteiger partial charge on any atom is 0.334 e. The number of amides is 1. The number of rotatable bonds is 6. The van der Waals surface area contributed by atoms with Crippen LogP contribution in [0.4, 0.5) is 0 Å².